The monoisotopic (exact) mass is 541 g/mol. The van der Waals surface area contributed by atoms with E-state index in [1.54, 1.807) is 35.4 Å². The minimum Gasteiger partial charge on any atom is -0.489 e. The van der Waals surface area contributed by atoms with Crippen molar-refractivity contribution in [2.45, 2.75) is 32.8 Å². The molecule has 10 heteroatoms. The summed E-state index contributed by atoms with van der Waals surface area (Å²) in [5.41, 5.74) is 2.62. The SMILES string of the molecule is CC(C)c1onc(-c2c(Cl)cccc2Cl)c1COc1ccc2c(ccn2C(=O)N2CCC(C(=O)O)C2)c1. The number of carbonyl (C=O) groups excluding carboxylic acids is 1. The van der Waals surface area contributed by atoms with Crippen LogP contribution in [0.3, 0.4) is 0 Å². The van der Waals surface area contributed by atoms with Crippen molar-refractivity contribution >= 4 is 46.1 Å². The highest BCUT2D eigenvalue weighted by Crippen LogP contribution is 2.39. The number of nitrogens with zero attached hydrogens (tertiary/aromatic N) is 3. The van der Waals surface area contributed by atoms with Crippen LogP contribution in [0.5, 0.6) is 5.75 Å². The van der Waals surface area contributed by atoms with Crippen LogP contribution in [0.15, 0.2) is 53.2 Å². The highest BCUT2D eigenvalue weighted by Gasteiger charge is 2.32. The highest BCUT2D eigenvalue weighted by molar-refractivity contribution is 6.39. The lowest BCUT2D eigenvalue weighted by molar-refractivity contribution is -0.141. The summed E-state index contributed by atoms with van der Waals surface area (Å²) in [4.78, 5) is 25.8. The third-order valence-corrected chi connectivity index (χ3v) is 7.23. The van der Waals surface area contributed by atoms with Crippen LogP contribution >= 0.6 is 23.2 Å². The van der Waals surface area contributed by atoms with E-state index in [0.29, 0.717) is 51.3 Å². The van der Waals surface area contributed by atoms with Gasteiger partial charge in [0.1, 0.15) is 23.8 Å². The molecular weight excluding hydrogens is 517 g/mol. The number of hydrogen-bond donors (Lipinski definition) is 1. The Morgan fingerprint density at radius 3 is 2.62 bits per heavy atom. The lowest BCUT2D eigenvalue weighted by Crippen LogP contribution is -2.33. The fourth-order valence-electron chi connectivity index (χ4n) is 4.66. The second-order valence-electron chi connectivity index (χ2n) is 9.37. The quantitative estimate of drug-likeness (QED) is 0.292. The Morgan fingerprint density at radius 1 is 1.19 bits per heavy atom. The Kier molecular flexibility index (Phi) is 6.88. The van der Waals surface area contributed by atoms with E-state index < -0.39 is 11.9 Å². The van der Waals surface area contributed by atoms with Gasteiger partial charge in [0.15, 0.2) is 0 Å². The third-order valence-electron chi connectivity index (χ3n) is 6.60. The Balaban J connectivity index is 1.38. The van der Waals surface area contributed by atoms with Crippen LogP contribution in [0.4, 0.5) is 4.79 Å². The number of amides is 1. The van der Waals surface area contributed by atoms with E-state index in [1.165, 1.54) is 4.57 Å². The predicted molar refractivity (Wildman–Crippen MR) is 140 cm³/mol. The summed E-state index contributed by atoms with van der Waals surface area (Å²) in [6, 6.07) is 12.3. The second kappa shape index (κ2) is 10.1. The molecular formula is C27H25Cl2N3O5. The maximum absolute atomic E-state index is 13.0. The molecule has 3 heterocycles. The number of rotatable bonds is 6. The van der Waals surface area contributed by atoms with Crippen molar-refractivity contribution in [3.8, 4) is 17.0 Å². The Labute approximate surface area is 223 Å². The van der Waals surface area contributed by atoms with E-state index >= 15 is 0 Å². The largest absolute Gasteiger partial charge is 0.489 e. The second-order valence-corrected chi connectivity index (χ2v) is 10.2. The predicted octanol–water partition coefficient (Wildman–Crippen LogP) is 6.68. The van der Waals surface area contributed by atoms with Gasteiger partial charge in [0.05, 0.1) is 27.0 Å². The van der Waals surface area contributed by atoms with Gasteiger partial charge in [-0.15, -0.1) is 0 Å². The first-order valence-corrected chi connectivity index (χ1v) is 12.7. The zero-order chi connectivity index (χ0) is 26.3. The number of benzene rings is 2. The summed E-state index contributed by atoms with van der Waals surface area (Å²) in [6.45, 7) is 4.83. The number of halogens is 2. The molecule has 1 N–H and O–H groups in total. The lowest BCUT2D eigenvalue weighted by Gasteiger charge is -2.17. The smallest absolute Gasteiger partial charge is 0.328 e. The Bertz CT molecular complexity index is 1470. The molecule has 0 bridgehead atoms. The van der Waals surface area contributed by atoms with E-state index in [1.807, 2.05) is 32.0 Å². The van der Waals surface area contributed by atoms with Crippen molar-refractivity contribution < 1.29 is 24.0 Å². The van der Waals surface area contributed by atoms with Crippen LogP contribution in [-0.4, -0.2) is 44.8 Å². The number of likely N-dealkylation sites (tertiary alicyclic amines) is 1. The molecule has 5 rings (SSSR count). The molecule has 1 atom stereocenters. The molecule has 0 spiro atoms. The highest BCUT2D eigenvalue weighted by atomic mass is 35.5. The number of ether oxygens (including phenoxy) is 1. The third kappa shape index (κ3) is 4.79. The molecule has 192 valence electrons. The molecule has 2 aromatic heterocycles. The van der Waals surface area contributed by atoms with Gasteiger partial charge in [-0.3, -0.25) is 9.36 Å². The number of carboxylic acid groups (broad SMARTS) is 1. The van der Waals surface area contributed by atoms with Crippen LogP contribution in [0.25, 0.3) is 22.2 Å². The van der Waals surface area contributed by atoms with E-state index in [0.717, 1.165) is 10.9 Å². The van der Waals surface area contributed by atoms with Gasteiger partial charge in [0, 0.05) is 36.2 Å². The summed E-state index contributed by atoms with van der Waals surface area (Å²) >= 11 is 12.9. The number of aromatic nitrogens is 2. The summed E-state index contributed by atoms with van der Waals surface area (Å²) < 4.78 is 13.3. The molecule has 0 radical (unpaired) electrons. The standard InChI is InChI=1S/C27H25Cl2N3O5/c1-15(2)25-19(24(30-37-25)23-20(28)4-3-5-21(23)29)14-36-18-6-7-22-16(12-18)9-11-32(22)27(35)31-10-8-17(13-31)26(33)34/h3-7,9,11-12,15,17H,8,10,13-14H2,1-2H3,(H,33,34). The van der Waals surface area contributed by atoms with E-state index in [4.69, 9.17) is 32.5 Å². The molecule has 1 unspecified atom stereocenters. The van der Waals surface area contributed by atoms with Crippen molar-refractivity contribution in [1.29, 1.82) is 0 Å². The first-order valence-electron chi connectivity index (χ1n) is 11.9. The van der Waals surface area contributed by atoms with Gasteiger partial charge in [-0.25, -0.2) is 4.79 Å². The fourth-order valence-corrected chi connectivity index (χ4v) is 5.23. The van der Waals surface area contributed by atoms with Crippen molar-refractivity contribution in [1.82, 2.24) is 14.6 Å². The van der Waals surface area contributed by atoms with E-state index in [-0.39, 0.29) is 25.1 Å². The molecule has 2 aromatic carbocycles. The lowest BCUT2D eigenvalue weighted by atomic mass is 10.0. The Hall–Kier alpha value is -3.49. The van der Waals surface area contributed by atoms with Gasteiger partial charge in [-0.2, -0.15) is 0 Å². The van der Waals surface area contributed by atoms with Crippen LogP contribution < -0.4 is 4.74 Å². The summed E-state index contributed by atoms with van der Waals surface area (Å²) in [5.74, 6) is -0.0340. The summed E-state index contributed by atoms with van der Waals surface area (Å²) in [6.07, 6.45) is 2.15. The van der Waals surface area contributed by atoms with Crippen LogP contribution in [-0.2, 0) is 11.4 Å². The molecule has 1 saturated heterocycles. The zero-order valence-corrected chi connectivity index (χ0v) is 21.8. The van der Waals surface area contributed by atoms with Gasteiger partial charge >= 0.3 is 12.0 Å². The van der Waals surface area contributed by atoms with Crippen molar-refractivity contribution in [3.05, 3.63) is 70.0 Å². The van der Waals surface area contributed by atoms with E-state index in [9.17, 15) is 14.7 Å². The summed E-state index contributed by atoms with van der Waals surface area (Å²) in [7, 11) is 0. The first-order chi connectivity index (χ1) is 17.7. The number of carboxylic acids is 1. The van der Waals surface area contributed by atoms with Crippen LogP contribution in [0, 0.1) is 5.92 Å². The molecule has 1 fully saturated rings. The number of fused-ring (bicyclic) bond motifs is 1. The maximum Gasteiger partial charge on any atom is 0.328 e. The minimum absolute atomic E-state index is 0.0648. The molecule has 1 aliphatic rings. The fraction of sp³-hybridized carbons (Fsp3) is 0.296. The van der Waals surface area contributed by atoms with Gasteiger partial charge in [0.25, 0.3) is 0 Å². The van der Waals surface area contributed by atoms with Gasteiger partial charge in [-0.05, 0) is 42.8 Å². The van der Waals surface area contributed by atoms with Crippen molar-refractivity contribution in [2.75, 3.05) is 13.1 Å². The Morgan fingerprint density at radius 2 is 1.95 bits per heavy atom. The summed E-state index contributed by atoms with van der Waals surface area (Å²) in [5, 5.41) is 15.3. The maximum atomic E-state index is 13.0. The normalized spacial score (nSPS) is 15.6. The van der Waals surface area contributed by atoms with Gasteiger partial charge < -0.3 is 19.3 Å². The zero-order valence-electron chi connectivity index (χ0n) is 20.3. The van der Waals surface area contributed by atoms with Crippen molar-refractivity contribution in [3.63, 3.8) is 0 Å². The number of hydrogen-bond acceptors (Lipinski definition) is 5. The van der Waals surface area contributed by atoms with Crippen molar-refractivity contribution in [2.24, 2.45) is 5.92 Å². The number of carbonyl (C=O) groups is 2. The average molecular weight is 542 g/mol. The molecule has 8 nitrogen and oxygen atoms in total. The van der Waals surface area contributed by atoms with Crippen LogP contribution in [0.2, 0.25) is 10.0 Å². The molecule has 1 aliphatic heterocycles. The molecule has 1 amide bonds. The van der Waals surface area contributed by atoms with Crippen LogP contribution in [0.1, 0.15) is 37.5 Å². The molecule has 4 aromatic rings. The van der Waals surface area contributed by atoms with Gasteiger partial charge in [-0.1, -0.05) is 48.3 Å². The molecule has 0 aliphatic carbocycles. The molecule has 0 saturated carbocycles. The minimum atomic E-state index is -0.872. The molecule has 37 heavy (non-hydrogen) atoms. The first kappa shape index (κ1) is 25.2. The van der Waals surface area contributed by atoms with E-state index in [2.05, 4.69) is 5.16 Å². The topological polar surface area (TPSA) is 97.8 Å². The van der Waals surface area contributed by atoms with Gasteiger partial charge in [0.2, 0.25) is 0 Å². The number of aliphatic carboxylic acids is 1. The average Bonchev–Trinajstić information content (AvgIpc) is 3.60.